The minimum atomic E-state index is -0.117. The Morgan fingerprint density at radius 3 is 2.60 bits per heavy atom. The second kappa shape index (κ2) is 2.22. The molecule has 0 bridgehead atoms. The van der Waals surface area contributed by atoms with E-state index in [1.54, 1.807) is 0 Å². The molecule has 0 saturated heterocycles. The molecule has 0 amide bonds. The summed E-state index contributed by atoms with van der Waals surface area (Å²) in [5.41, 5.74) is -0.117. The number of hydrogen-bond acceptors (Lipinski definition) is 1. The lowest BCUT2D eigenvalue weighted by molar-refractivity contribution is -0.129. The molecule has 0 radical (unpaired) electrons. The maximum Gasteiger partial charge on any atom is 0.145 e. The average molecular weight is 138 g/mol. The van der Waals surface area contributed by atoms with E-state index in [1.807, 2.05) is 26.8 Å². The first-order chi connectivity index (χ1) is 4.54. The normalized spacial score (nSPS) is 30.7. The Labute approximate surface area is 62.1 Å². The van der Waals surface area contributed by atoms with Gasteiger partial charge in [-0.05, 0) is 6.42 Å². The highest BCUT2D eigenvalue weighted by Gasteiger charge is 2.31. The third-order valence-electron chi connectivity index (χ3n) is 2.13. The van der Waals surface area contributed by atoms with Crippen LogP contribution in [0.25, 0.3) is 0 Å². The Hall–Kier alpha value is -0.590. The molecule has 1 unspecified atom stereocenters. The van der Waals surface area contributed by atoms with Crippen molar-refractivity contribution in [1.82, 2.24) is 0 Å². The van der Waals surface area contributed by atoms with Gasteiger partial charge in [-0.1, -0.05) is 32.9 Å². The zero-order valence-corrected chi connectivity index (χ0v) is 6.85. The van der Waals surface area contributed by atoms with Crippen LogP contribution in [0.1, 0.15) is 27.2 Å². The molecule has 0 spiro atoms. The molecule has 1 heteroatoms. The maximum atomic E-state index is 11.4. The standard InChI is InChI=1S/C9H14O/c1-7-5-4-6-9(2,3)8(7)10/h4-5,7H,6H2,1-3H3. The Kier molecular flexibility index (Phi) is 1.67. The molecule has 0 fully saturated rings. The highest BCUT2D eigenvalue weighted by molar-refractivity contribution is 5.88. The second-order valence-electron chi connectivity index (χ2n) is 3.67. The Balaban J connectivity index is 2.85. The molecule has 1 aliphatic carbocycles. The smallest absolute Gasteiger partial charge is 0.145 e. The summed E-state index contributed by atoms with van der Waals surface area (Å²) in [7, 11) is 0. The topological polar surface area (TPSA) is 17.1 Å². The fraction of sp³-hybridized carbons (Fsp3) is 0.667. The maximum absolute atomic E-state index is 11.4. The van der Waals surface area contributed by atoms with Crippen molar-refractivity contribution in [2.45, 2.75) is 27.2 Å². The van der Waals surface area contributed by atoms with Crippen LogP contribution in [-0.4, -0.2) is 5.78 Å². The van der Waals surface area contributed by atoms with Crippen LogP contribution in [0.15, 0.2) is 12.2 Å². The summed E-state index contributed by atoms with van der Waals surface area (Å²) in [6, 6.07) is 0. The van der Waals surface area contributed by atoms with Gasteiger partial charge < -0.3 is 0 Å². The first-order valence-corrected chi connectivity index (χ1v) is 3.75. The zero-order chi connectivity index (χ0) is 7.78. The van der Waals surface area contributed by atoms with Crippen LogP contribution < -0.4 is 0 Å². The number of carbonyl (C=O) groups is 1. The van der Waals surface area contributed by atoms with Crippen molar-refractivity contribution in [3.63, 3.8) is 0 Å². The van der Waals surface area contributed by atoms with Crippen LogP contribution in [0.2, 0.25) is 0 Å². The molecule has 1 nitrogen and oxygen atoms in total. The van der Waals surface area contributed by atoms with Gasteiger partial charge in [0.2, 0.25) is 0 Å². The van der Waals surface area contributed by atoms with Crippen molar-refractivity contribution in [3.05, 3.63) is 12.2 Å². The minimum Gasteiger partial charge on any atom is -0.298 e. The molecule has 1 aliphatic rings. The van der Waals surface area contributed by atoms with Gasteiger partial charge >= 0.3 is 0 Å². The number of ketones is 1. The average Bonchev–Trinajstić information content (AvgIpc) is 1.83. The highest BCUT2D eigenvalue weighted by Crippen LogP contribution is 2.30. The quantitative estimate of drug-likeness (QED) is 0.469. The van der Waals surface area contributed by atoms with Crippen molar-refractivity contribution < 1.29 is 4.79 Å². The molecular weight excluding hydrogens is 124 g/mol. The predicted octanol–water partition coefficient (Wildman–Crippen LogP) is 2.18. The molecule has 0 aliphatic heterocycles. The molecule has 1 atom stereocenters. The summed E-state index contributed by atoms with van der Waals surface area (Å²) < 4.78 is 0. The van der Waals surface area contributed by atoms with Crippen LogP contribution in [-0.2, 0) is 4.79 Å². The fourth-order valence-electron chi connectivity index (χ4n) is 1.37. The van der Waals surface area contributed by atoms with Gasteiger partial charge in [0.25, 0.3) is 0 Å². The van der Waals surface area contributed by atoms with E-state index in [-0.39, 0.29) is 11.3 Å². The van der Waals surface area contributed by atoms with E-state index >= 15 is 0 Å². The number of allylic oxidation sites excluding steroid dienone is 2. The fourth-order valence-corrected chi connectivity index (χ4v) is 1.37. The van der Waals surface area contributed by atoms with Crippen LogP contribution >= 0.6 is 0 Å². The Morgan fingerprint density at radius 2 is 2.20 bits per heavy atom. The van der Waals surface area contributed by atoms with E-state index in [9.17, 15) is 4.79 Å². The first kappa shape index (κ1) is 7.52. The summed E-state index contributed by atoms with van der Waals surface area (Å²) in [4.78, 5) is 11.4. The molecule has 0 aromatic rings. The van der Waals surface area contributed by atoms with Crippen LogP contribution in [0.4, 0.5) is 0 Å². The lowest BCUT2D eigenvalue weighted by Gasteiger charge is -2.27. The van der Waals surface area contributed by atoms with E-state index in [4.69, 9.17) is 0 Å². The van der Waals surface area contributed by atoms with E-state index in [0.717, 1.165) is 6.42 Å². The van der Waals surface area contributed by atoms with E-state index in [1.165, 1.54) is 0 Å². The molecule has 56 valence electrons. The molecule has 0 aromatic carbocycles. The molecule has 0 saturated carbocycles. The minimum absolute atomic E-state index is 0.117. The summed E-state index contributed by atoms with van der Waals surface area (Å²) in [5, 5.41) is 0. The zero-order valence-electron chi connectivity index (χ0n) is 6.85. The first-order valence-electron chi connectivity index (χ1n) is 3.75. The lowest BCUT2D eigenvalue weighted by atomic mass is 9.75. The summed E-state index contributed by atoms with van der Waals surface area (Å²) in [6.07, 6.45) is 5.00. The summed E-state index contributed by atoms with van der Waals surface area (Å²) in [6.45, 7) is 5.98. The van der Waals surface area contributed by atoms with Crippen LogP contribution in [0.5, 0.6) is 0 Å². The third-order valence-corrected chi connectivity index (χ3v) is 2.13. The third kappa shape index (κ3) is 1.13. The lowest BCUT2D eigenvalue weighted by Crippen LogP contribution is -2.30. The van der Waals surface area contributed by atoms with Crippen LogP contribution in [0, 0.1) is 11.3 Å². The van der Waals surface area contributed by atoms with Crippen molar-refractivity contribution in [3.8, 4) is 0 Å². The monoisotopic (exact) mass is 138 g/mol. The predicted molar refractivity (Wildman–Crippen MR) is 41.7 cm³/mol. The van der Waals surface area contributed by atoms with Gasteiger partial charge in [0.1, 0.15) is 5.78 Å². The molecule has 0 N–H and O–H groups in total. The Morgan fingerprint density at radius 1 is 1.60 bits per heavy atom. The van der Waals surface area contributed by atoms with Crippen molar-refractivity contribution in [1.29, 1.82) is 0 Å². The van der Waals surface area contributed by atoms with Crippen molar-refractivity contribution >= 4 is 5.78 Å². The van der Waals surface area contributed by atoms with Gasteiger partial charge in [-0.3, -0.25) is 4.79 Å². The molecule has 1 rings (SSSR count). The van der Waals surface area contributed by atoms with Crippen molar-refractivity contribution in [2.75, 3.05) is 0 Å². The van der Waals surface area contributed by atoms with E-state index in [2.05, 4.69) is 6.08 Å². The second-order valence-corrected chi connectivity index (χ2v) is 3.67. The molecule has 0 aromatic heterocycles. The van der Waals surface area contributed by atoms with Gasteiger partial charge in [0.15, 0.2) is 0 Å². The Bertz CT molecular complexity index is 177. The van der Waals surface area contributed by atoms with Gasteiger partial charge in [-0.2, -0.15) is 0 Å². The number of carbonyl (C=O) groups excluding carboxylic acids is 1. The molecule has 10 heavy (non-hydrogen) atoms. The van der Waals surface area contributed by atoms with Gasteiger partial charge in [0.05, 0.1) is 0 Å². The summed E-state index contributed by atoms with van der Waals surface area (Å²) in [5.74, 6) is 0.499. The highest BCUT2D eigenvalue weighted by atomic mass is 16.1. The largest absolute Gasteiger partial charge is 0.298 e. The van der Waals surface area contributed by atoms with Gasteiger partial charge in [-0.25, -0.2) is 0 Å². The number of Topliss-reactive ketones (excluding diaryl/α,β-unsaturated/α-hetero) is 1. The SMILES string of the molecule is CC1C=CCC(C)(C)C1=O. The molecule has 0 heterocycles. The summed E-state index contributed by atoms with van der Waals surface area (Å²) >= 11 is 0. The number of rotatable bonds is 0. The van der Waals surface area contributed by atoms with Gasteiger partial charge in [0, 0.05) is 11.3 Å². The van der Waals surface area contributed by atoms with E-state index < -0.39 is 0 Å². The van der Waals surface area contributed by atoms with Crippen molar-refractivity contribution in [2.24, 2.45) is 11.3 Å². The van der Waals surface area contributed by atoms with E-state index in [0.29, 0.717) is 5.78 Å². The van der Waals surface area contributed by atoms with Crippen LogP contribution in [0.3, 0.4) is 0 Å². The molecular formula is C9H14O. The van der Waals surface area contributed by atoms with Gasteiger partial charge in [-0.15, -0.1) is 0 Å². The number of hydrogen-bond donors (Lipinski definition) is 0.